The number of allylic oxidation sites excluding steroid dienone is 1. The molecule has 0 spiro atoms. The van der Waals surface area contributed by atoms with E-state index < -0.39 is 8.07 Å². The van der Waals surface area contributed by atoms with Gasteiger partial charge >= 0.3 is 0 Å². The zero-order chi connectivity index (χ0) is 13.6. The van der Waals surface area contributed by atoms with E-state index >= 15 is 0 Å². The molecule has 98 valence electrons. The molecule has 2 heteroatoms. The number of hydrogen-bond acceptors (Lipinski definition) is 0. The Morgan fingerprint density at radius 2 is 1.37 bits per heavy atom. The van der Waals surface area contributed by atoms with Crippen LogP contribution in [0.15, 0.2) is 72.4 Å². The fourth-order valence-corrected chi connectivity index (χ4v) is 5.70. The van der Waals surface area contributed by atoms with Gasteiger partial charge in [0.15, 0.2) is 0 Å². The van der Waals surface area contributed by atoms with Gasteiger partial charge in [-0.05, 0) is 6.42 Å². The van der Waals surface area contributed by atoms with Crippen LogP contribution in [0.5, 0.6) is 0 Å². The average Bonchev–Trinajstić information content (AvgIpc) is 2.49. The Morgan fingerprint density at radius 3 is 1.79 bits per heavy atom. The second-order valence-corrected chi connectivity index (χ2v) is 9.50. The SMILES string of the molecule is C[Si](/C=C/CCBr)(c1ccccc1)c1ccccc1. The van der Waals surface area contributed by atoms with Crippen LogP contribution in [0.25, 0.3) is 0 Å². The second kappa shape index (κ2) is 6.87. The van der Waals surface area contributed by atoms with E-state index in [9.17, 15) is 0 Å². The van der Waals surface area contributed by atoms with Crippen LogP contribution in [0.2, 0.25) is 6.55 Å². The summed E-state index contributed by atoms with van der Waals surface area (Å²) in [6.07, 6.45) is 3.41. The highest BCUT2D eigenvalue weighted by molar-refractivity contribution is 9.09. The van der Waals surface area contributed by atoms with Gasteiger partial charge in [0.1, 0.15) is 8.07 Å². The molecule has 2 aromatic rings. The van der Waals surface area contributed by atoms with Crippen LogP contribution in [0.1, 0.15) is 6.42 Å². The van der Waals surface area contributed by atoms with Gasteiger partial charge in [0.05, 0.1) is 0 Å². The van der Waals surface area contributed by atoms with Crippen molar-refractivity contribution < 1.29 is 0 Å². The summed E-state index contributed by atoms with van der Waals surface area (Å²) in [5.41, 5.74) is 2.46. The molecule has 0 atom stereocenters. The summed E-state index contributed by atoms with van der Waals surface area (Å²) >= 11 is 3.49. The average molecular weight is 331 g/mol. The normalized spacial score (nSPS) is 11.9. The molecule has 0 saturated heterocycles. The van der Waals surface area contributed by atoms with Gasteiger partial charge in [-0.3, -0.25) is 0 Å². The van der Waals surface area contributed by atoms with Gasteiger partial charge in [-0.1, -0.05) is 105 Å². The van der Waals surface area contributed by atoms with Crippen molar-refractivity contribution in [2.45, 2.75) is 13.0 Å². The number of alkyl halides is 1. The molecule has 0 amide bonds. The molecule has 0 aliphatic heterocycles. The first kappa shape index (κ1) is 14.3. The van der Waals surface area contributed by atoms with Gasteiger partial charge in [-0.2, -0.15) is 0 Å². The van der Waals surface area contributed by atoms with Crippen molar-refractivity contribution in [2.24, 2.45) is 0 Å². The third-order valence-corrected chi connectivity index (χ3v) is 7.90. The lowest BCUT2D eigenvalue weighted by molar-refractivity contribution is 1.26. The molecule has 0 aromatic heterocycles. The van der Waals surface area contributed by atoms with E-state index in [2.05, 4.69) is 94.9 Å². The van der Waals surface area contributed by atoms with Crippen molar-refractivity contribution >= 4 is 34.4 Å². The Bertz CT molecular complexity index is 480. The molecule has 0 unspecified atom stereocenters. The van der Waals surface area contributed by atoms with E-state index in [1.54, 1.807) is 0 Å². The van der Waals surface area contributed by atoms with Crippen molar-refractivity contribution in [2.75, 3.05) is 5.33 Å². The first-order valence-electron chi connectivity index (χ1n) is 6.62. The van der Waals surface area contributed by atoms with Crippen molar-refractivity contribution in [3.8, 4) is 0 Å². The summed E-state index contributed by atoms with van der Waals surface area (Å²) in [6, 6.07) is 21.8. The maximum atomic E-state index is 3.49. The van der Waals surface area contributed by atoms with Crippen LogP contribution >= 0.6 is 15.9 Å². The second-order valence-electron chi connectivity index (χ2n) is 4.81. The van der Waals surface area contributed by atoms with Crippen LogP contribution in [-0.4, -0.2) is 13.4 Å². The number of hydrogen-bond donors (Lipinski definition) is 0. The quantitative estimate of drug-likeness (QED) is 0.578. The lowest BCUT2D eigenvalue weighted by Crippen LogP contribution is -2.54. The van der Waals surface area contributed by atoms with Crippen LogP contribution in [0, 0.1) is 0 Å². The summed E-state index contributed by atoms with van der Waals surface area (Å²) in [5, 5.41) is 3.96. The Balaban J connectivity index is 2.45. The molecule has 0 aliphatic carbocycles. The molecule has 0 fully saturated rings. The molecule has 2 rings (SSSR count). The molecule has 0 heterocycles. The molecule has 2 aromatic carbocycles. The highest BCUT2D eigenvalue weighted by Crippen LogP contribution is 2.08. The van der Waals surface area contributed by atoms with E-state index in [-0.39, 0.29) is 0 Å². The van der Waals surface area contributed by atoms with Gasteiger partial charge < -0.3 is 0 Å². The van der Waals surface area contributed by atoms with E-state index in [0.717, 1.165) is 11.8 Å². The van der Waals surface area contributed by atoms with Gasteiger partial charge in [0.25, 0.3) is 0 Å². The third kappa shape index (κ3) is 3.46. The minimum Gasteiger partial charge on any atom is -0.0925 e. The summed E-state index contributed by atoms with van der Waals surface area (Å²) < 4.78 is 0. The van der Waals surface area contributed by atoms with Crippen LogP contribution in [0.3, 0.4) is 0 Å². The predicted octanol–water partition coefficient (Wildman–Crippen LogP) is 3.76. The Labute approximate surface area is 125 Å². The first-order valence-corrected chi connectivity index (χ1v) is 10.3. The molecule has 0 saturated carbocycles. The summed E-state index contributed by atoms with van der Waals surface area (Å²) in [7, 11) is -1.74. The third-order valence-electron chi connectivity index (χ3n) is 3.47. The van der Waals surface area contributed by atoms with Crippen molar-refractivity contribution in [3.05, 3.63) is 72.4 Å². The molecule has 0 bridgehead atoms. The minimum atomic E-state index is -1.74. The highest BCUT2D eigenvalue weighted by atomic mass is 79.9. The Kier molecular flexibility index (Phi) is 5.17. The van der Waals surface area contributed by atoms with Crippen LogP contribution in [-0.2, 0) is 0 Å². The fourth-order valence-electron chi connectivity index (χ4n) is 2.31. The van der Waals surface area contributed by atoms with E-state index in [1.807, 2.05) is 0 Å². The first-order chi connectivity index (χ1) is 9.27. The molecule has 0 nitrogen and oxygen atoms in total. The summed E-state index contributed by atoms with van der Waals surface area (Å²) in [6.45, 7) is 2.42. The molecule has 0 N–H and O–H groups in total. The maximum absolute atomic E-state index is 3.49. The monoisotopic (exact) mass is 330 g/mol. The van der Waals surface area contributed by atoms with Gasteiger partial charge in [0.2, 0.25) is 0 Å². The predicted molar refractivity (Wildman–Crippen MR) is 91.3 cm³/mol. The van der Waals surface area contributed by atoms with Gasteiger partial charge in [0, 0.05) is 5.33 Å². The molecular weight excluding hydrogens is 312 g/mol. The topological polar surface area (TPSA) is 0 Å². The summed E-state index contributed by atoms with van der Waals surface area (Å²) in [5.74, 6) is 0. The Morgan fingerprint density at radius 1 is 0.895 bits per heavy atom. The van der Waals surface area contributed by atoms with Crippen molar-refractivity contribution in [1.82, 2.24) is 0 Å². The van der Waals surface area contributed by atoms with Gasteiger partial charge in [-0.25, -0.2) is 0 Å². The van der Waals surface area contributed by atoms with Gasteiger partial charge in [-0.15, -0.1) is 0 Å². The fraction of sp³-hybridized carbons (Fsp3) is 0.176. The van der Waals surface area contributed by atoms with E-state index in [4.69, 9.17) is 0 Å². The standard InChI is InChI=1S/C17H19BrSi/c1-19(15-9-8-14-18,16-10-4-2-5-11-16)17-12-6-3-7-13-17/h2-7,9-13,15H,8,14H2,1H3/b15-9+. The lowest BCUT2D eigenvalue weighted by Gasteiger charge is -2.25. The van der Waals surface area contributed by atoms with Crippen LogP contribution < -0.4 is 10.4 Å². The lowest BCUT2D eigenvalue weighted by atomic mass is 10.4. The van der Waals surface area contributed by atoms with E-state index in [1.165, 1.54) is 10.4 Å². The van der Waals surface area contributed by atoms with Crippen molar-refractivity contribution in [3.63, 3.8) is 0 Å². The Hall–Kier alpha value is -1.12. The molecule has 0 aliphatic rings. The number of halogens is 1. The molecule has 0 radical (unpaired) electrons. The van der Waals surface area contributed by atoms with Crippen LogP contribution in [0.4, 0.5) is 0 Å². The smallest absolute Gasteiger partial charge is 0.0925 e. The summed E-state index contributed by atoms with van der Waals surface area (Å²) in [4.78, 5) is 0. The number of rotatable bonds is 5. The zero-order valence-corrected chi connectivity index (χ0v) is 13.8. The molecular formula is C17H19BrSi. The largest absolute Gasteiger partial charge is 0.137 e. The maximum Gasteiger partial charge on any atom is 0.137 e. The van der Waals surface area contributed by atoms with E-state index in [0.29, 0.717) is 0 Å². The molecule has 19 heavy (non-hydrogen) atoms. The minimum absolute atomic E-state index is 1.03. The highest BCUT2D eigenvalue weighted by Gasteiger charge is 2.28. The number of benzene rings is 2. The zero-order valence-electron chi connectivity index (χ0n) is 11.2. The van der Waals surface area contributed by atoms with Crippen molar-refractivity contribution in [1.29, 1.82) is 0 Å².